The maximum Gasteiger partial charge on any atom is 0.243 e. The van der Waals surface area contributed by atoms with Crippen molar-refractivity contribution in [3.63, 3.8) is 0 Å². The van der Waals surface area contributed by atoms with Gasteiger partial charge in [-0.1, -0.05) is 61.4 Å². The molecule has 8 heteroatoms. The number of carbonyl (C=O) groups is 1. The van der Waals surface area contributed by atoms with E-state index in [-0.39, 0.29) is 35.9 Å². The molecule has 0 radical (unpaired) electrons. The molecule has 5 rings (SSSR count). The van der Waals surface area contributed by atoms with Gasteiger partial charge in [0.15, 0.2) is 0 Å². The maximum absolute atomic E-state index is 14.0. The van der Waals surface area contributed by atoms with E-state index in [0.29, 0.717) is 5.75 Å². The molecule has 1 aliphatic heterocycles. The van der Waals surface area contributed by atoms with E-state index in [9.17, 15) is 13.2 Å². The van der Waals surface area contributed by atoms with Gasteiger partial charge in [-0.15, -0.1) is 0 Å². The van der Waals surface area contributed by atoms with Gasteiger partial charge in [0.1, 0.15) is 5.75 Å². The van der Waals surface area contributed by atoms with Gasteiger partial charge in [-0.05, 0) is 41.8 Å². The van der Waals surface area contributed by atoms with Crippen LogP contribution in [0.3, 0.4) is 0 Å². The summed E-state index contributed by atoms with van der Waals surface area (Å²) in [6, 6.07) is 20.4. The average molecular weight is 494 g/mol. The van der Waals surface area contributed by atoms with Gasteiger partial charge in [0.2, 0.25) is 15.9 Å². The Morgan fingerprint density at radius 2 is 1.71 bits per heavy atom. The SMILES string of the molecule is COc1ccccc1CN(CC1NC(=O)C2CCCCC2N1)S(=O)(=O)c1ccc2ccccc2c1. The summed E-state index contributed by atoms with van der Waals surface area (Å²) in [5, 5.41) is 8.38. The summed E-state index contributed by atoms with van der Waals surface area (Å²) in [5.41, 5.74) is 0.761. The van der Waals surface area contributed by atoms with E-state index < -0.39 is 16.2 Å². The van der Waals surface area contributed by atoms with Gasteiger partial charge in [0.25, 0.3) is 0 Å². The van der Waals surface area contributed by atoms with Crippen LogP contribution >= 0.6 is 0 Å². The third-order valence-electron chi connectivity index (χ3n) is 7.12. The van der Waals surface area contributed by atoms with Crippen molar-refractivity contribution in [3.05, 3.63) is 72.3 Å². The Hall–Kier alpha value is -2.94. The van der Waals surface area contributed by atoms with E-state index in [1.165, 1.54) is 4.31 Å². The van der Waals surface area contributed by atoms with Crippen LogP contribution in [0.2, 0.25) is 0 Å². The minimum atomic E-state index is -3.88. The van der Waals surface area contributed by atoms with Crippen LogP contribution in [0.5, 0.6) is 5.75 Å². The van der Waals surface area contributed by atoms with Crippen LogP contribution in [0.25, 0.3) is 10.8 Å². The number of hydrogen-bond acceptors (Lipinski definition) is 5. The lowest BCUT2D eigenvalue weighted by molar-refractivity contribution is -0.130. The lowest BCUT2D eigenvalue weighted by Gasteiger charge is -2.41. The molecule has 7 nitrogen and oxygen atoms in total. The second kappa shape index (κ2) is 9.97. The number of benzene rings is 3. The first kappa shape index (κ1) is 23.8. The monoisotopic (exact) mass is 493 g/mol. The average Bonchev–Trinajstić information content (AvgIpc) is 2.88. The quantitative estimate of drug-likeness (QED) is 0.525. The van der Waals surface area contributed by atoms with E-state index >= 15 is 0 Å². The van der Waals surface area contributed by atoms with Gasteiger partial charge in [-0.25, -0.2) is 8.42 Å². The van der Waals surface area contributed by atoms with E-state index in [2.05, 4.69) is 10.6 Å². The summed E-state index contributed by atoms with van der Waals surface area (Å²) in [4.78, 5) is 13.0. The predicted molar refractivity (Wildman–Crippen MR) is 135 cm³/mol. The number of hydrogen-bond donors (Lipinski definition) is 2. The zero-order chi connectivity index (χ0) is 24.4. The van der Waals surface area contributed by atoms with Crippen molar-refractivity contribution in [3.8, 4) is 5.75 Å². The molecule has 3 unspecified atom stereocenters. The van der Waals surface area contributed by atoms with E-state index in [0.717, 1.165) is 42.0 Å². The highest BCUT2D eigenvalue weighted by Crippen LogP contribution is 2.29. The molecule has 0 aromatic heterocycles. The number of fused-ring (bicyclic) bond motifs is 2. The number of rotatable bonds is 7. The van der Waals surface area contributed by atoms with E-state index in [1.54, 1.807) is 19.2 Å². The molecule has 3 aromatic rings. The summed E-state index contributed by atoms with van der Waals surface area (Å²) in [6.45, 7) is 0.240. The number of amides is 1. The number of sulfonamides is 1. The third kappa shape index (κ3) is 4.91. The van der Waals surface area contributed by atoms with Crippen molar-refractivity contribution in [1.82, 2.24) is 14.9 Å². The Labute approximate surface area is 206 Å². The molecule has 1 amide bonds. The molecule has 1 saturated carbocycles. The summed E-state index contributed by atoms with van der Waals surface area (Å²) in [5.74, 6) is 0.595. The molecule has 2 fully saturated rings. The second-order valence-electron chi connectivity index (χ2n) is 9.34. The van der Waals surface area contributed by atoms with Crippen molar-refractivity contribution in [1.29, 1.82) is 0 Å². The zero-order valence-corrected chi connectivity index (χ0v) is 20.6. The molecule has 0 bridgehead atoms. The summed E-state index contributed by atoms with van der Waals surface area (Å²) >= 11 is 0. The number of nitrogens with one attached hydrogen (secondary N) is 2. The molecular formula is C27H31N3O4S. The highest BCUT2D eigenvalue weighted by atomic mass is 32.2. The van der Waals surface area contributed by atoms with E-state index in [1.807, 2.05) is 54.6 Å². The molecule has 35 heavy (non-hydrogen) atoms. The minimum Gasteiger partial charge on any atom is -0.496 e. The molecule has 184 valence electrons. The standard InChI is InChI=1S/C27H31N3O4S/c1-34-25-13-7-4-10-21(25)17-30(18-26-28-24-12-6-5-11-23(24)27(31)29-26)35(32,33)22-15-14-19-8-2-3-9-20(19)16-22/h2-4,7-10,13-16,23-24,26,28H,5-6,11-12,17-18H2,1H3,(H,29,31). The highest BCUT2D eigenvalue weighted by Gasteiger charge is 2.39. The fraction of sp³-hybridized carbons (Fsp3) is 0.370. The Morgan fingerprint density at radius 1 is 0.971 bits per heavy atom. The van der Waals surface area contributed by atoms with Crippen molar-refractivity contribution in [2.45, 2.75) is 49.3 Å². The first-order valence-electron chi connectivity index (χ1n) is 12.1. The van der Waals surface area contributed by atoms with Crippen LogP contribution < -0.4 is 15.4 Å². The molecule has 1 heterocycles. The zero-order valence-electron chi connectivity index (χ0n) is 19.8. The van der Waals surface area contributed by atoms with Gasteiger partial charge in [-0.3, -0.25) is 10.1 Å². The van der Waals surface area contributed by atoms with Gasteiger partial charge in [0, 0.05) is 24.7 Å². The van der Waals surface area contributed by atoms with Crippen molar-refractivity contribution >= 4 is 26.7 Å². The van der Waals surface area contributed by atoms with Gasteiger partial charge in [0.05, 0.1) is 24.1 Å². The molecule has 1 aliphatic carbocycles. The number of carbonyl (C=O) groups excluding carboxylic acids is 1. The predicted octanol–water partition coefficient (Wildman–Crippen LogP) is 3.64. The van der Waals surface area contributed by atoms with Gasteiger partial charge in [-0.2, -0.15) is 4.31 Å². The van der Waals surface area contributed by atoms with E-state index in [4.69, 9.17) is 4.74 Å². The van der Waals surface area contributed by atoms with Crippen molar-refractivity contribution < 1.29 is 17.9 Å². The summed E-state index contributed by atoms with van der Waals surface area (Å²) in [7, 11) is -2.30. The molecule has 3 aromatic carbocycles. The Bertz CT molecular complexity index is 1330. The first-order chi connectivity index (χ1) is 17.0. The Balaban J connectivity index is 1.48. The highest BCUT2D eigenvalue weighted by molar-refractivity contribution is 7.89. The van der Waals surface area contributed by atoms with Crippen molar-refractivity contribution in [2.24, 2.45) is 5.92 Å². The Kier molecular flexibility index (Phi) is 6.77. The fourth-order valence-electron chi connectivity index (χ4n) is 5.27. The molecule has 2 N–H and O–H groups in total. The van der Waals surface area contributed by atoms with Crippen LogP contribution in [0, 0.1) is 5.92 Å². The normalized spacial score (nSPS) is 22.6. The van der Waals surface area contributed by atoms with Crippen LogP contribution in [-0.2, 0) is 21.4 Å². The maximum atomic E-state index is 14.0. The van der Waals surface area contributed by atoms with Crippen LogP contribution in [0.1, 0.15) is 31.2 Å². The van der Waals surface area contributed by atoms with Crippen LogP contribution in [0.15, 0.2) is 71.6 Å². The number of nitrogens with zero attached hydrogens (tertiary/aromatic N) is 1. The van der Waals surface area contributed by atoms with Crippen LogP contribution in [0.4, 0.5) is 0 Å². The van der Waals surface area contributed by atoms with Gasteiger partial charge < -0.3 is 10.1 Å². The molecule has 0 spiro atoms. The summed E-state index contributed by atoms with van der Waals surface area (Å²) in [6.07, 6.45) is 3.47. The molecule has 2 aliphatic rings. The minimum absolute atomic E-state index is 0.0128. The Morgan fingerprint density at radius 3 is 2.54 bits per heavy atom. The number of para-hydroxylation sites is 1. The lowest BCUT2D eigenvalue weighted by Crippen LogP contribution is -2.65. The molecule has 3 atom stereocenters. The topological polar surface area (TPSA) is 87.7 Å². The van der Waals surface area contributed by atoms with Gasteiger partial charge >= 0.3 is 0 Å². The fourth-order valence-corrected chi connectivity index (χ4v) is 6.74. The molecule has 1 saturated heterocycles. The first-order valence-corrected chi connectivity index (χ1v) is 13.6. The number of ether oxygens (including phenoxy) is 1. The largest absolute Gasteiger partial charge is 0.496 e. The smallest absolute Gasteiger partial charge is 0.243 e. The number of methoxy groups -OCH3 is 1. The van der Waals surface area contributed by atoms with Crippen molar-refractivity contribution in [2.75, 3.05) is 13.7 Å². The lowest BCUT2D eigenvalue weighted by atomic mass is 9.82. The molecular weight excluding hydrogens is 462 g/mol. The van der Waals surface area contributed by atoms with Crippen LogP contribution in [-0.4, -0.2) is 44.5 Å². The summed E-state index contributed by atoms with van der Waals surface area (Å²) < 4.78 is 34.9. The third-order valence-corrected chi connectivity index (χ3v) is 8.93. The second-order valence-corrected chi connectivity index (χ2v) is 11.3.